The molecule has 0 aliphatic carbocycles. The lowest BCUT2D eigenvalue weighted by Gasteiger charge is -2.05. The number of halogens is 1. The third-order valence-corrected chi connectivity index (χ3v) is 3.74. The van der Waals surface area contributed by atoms with Crippen molar-refractivity contribution in [2.24, 2.45) is 0 Å². The summed E-state index contributed by atoms with van der Waals surface area (Å²) in [6.07, 6.45) is 0. The predicted molar refractivity (Wildman–Crippen MR) is 71.1 cm³/mol. The number of ether oxygens (including phenoxy) is 1. The van der Waals surface area contributed by atoms with Crippen molar-refractivity contribution >= 4 is 27.3 Å². The van der Waals surface area contributed by atoms with Crippen LogP contribution in [0.15, 0.2) is 28.7 Å². The molecule has 1 heterocycles. The van der Waals surface area contributed by atoms with Crippen molar-refractivity contribution in [1.29, 1.82) is 0 Å². The zero-order chi connectivity index (χ0) is 11.5. The van der Waals surface area contributed by atoms with Gasteiger partial charge in [0.25, 0.3) is 0 Å². The fourth-order valence-corrected chi connectivity index (χ4v) is 2.57. The minimum absolute atomic E-state index is 0.595. The van der Waals surface area contributed by atoms with Gasteiger partial charge in [-0.3, -0.25) is 0 Å². The third-order valence-electron chi connectivity index (χ3n) is 2.25. The number of hydrogen-bond donors (Lipinski definition) is 0. The van der Waals surface area contributed by atoms with E-state index in [0.29, 0.717) is 6.61 Å². The van der Waals surface area contributed by atoms with Crippen LogP contribution in [0.1, 0.15) is 15.3 Å². The highest BCUT2D eigenvalue weighted by atomic mass is 79.9. The lowest BCUT2D eigenvalue weighted by atomic mass is 10.2. The van der Waals surface area contributed by atoms with Crippen molar-refractivity contribution in [1.82, 2.24) is 0 Å². The van der Waals surface area contributed by atoms with Gasteiger partial charge >= 0.3 is 0 Å². The molecule has 0 aliphatic rings. The molecule has 0 saturated carbocycles. The van der Waals surface area contributed by atoms with E-state index in [2.05, 4.69) is 35.8 Å². The van der Waals surface area contributed by atoms with Crippen LogP contribution < -0.4 is 4.74 Å². The first-order valence-electron chi connectivity index (χ1n) is 5.01. The van der Waals surface area contributed by atoms with Crippen LogP contribution in [0.2, 0.25) is 0 Å². The Bertz CT molecular complexity index is 473. The van der Waals surface area contributed by atoms with Gasteiger partial charge in [0, 0.05) is 25.9 Å². The summed E-state index contributed by atoms with van der Waals surface area (Å²) in [5, 5.41) is 0. The van der Waals surface area contributed by atoms with Crippen molar-refractivity contribution in [2.45, 2.75) is 20.5 Å². The summed E-state index contributed by atoms with van der Waals surface area (Å²) in [6.45, 7) is 4.77. The van der Waals surface area contributed by atoms with Crippen LogP contribution in [-0.4, -0.2) is 0 Å². The van der Waals surface area contributed by atoms with Gasteiger partial charge in [0.1, 0.15) is 12.4 Å². The summed E-state index contributed by atoms with van der Waals surface area (Å²) >= 11 is 5.16. The normalized spacial score (nSPS) is 10.4. The lowest BCUT2D eigenvalue weighted by Crippen LogP contribution is -1.95. The number of aryl methyl sites for hydroxylation is 2. The summed E-state index contributed by atoms with van der Waals surface area (Å²) in [7, 11) is 0. The van der Waals surface area contributed by atoms with Gasteiger partial charge in [-0.15, -0.1) is 11.3 Å². The molecule has 0 saturated heterocycles. The number of thiophene rings is 1. The van der Waals surface area contributed by atoms with Gasteiger partial charge in [-0.25, -0.2) is 0 Å². The molecule has 83 valence electrons. The van der Waals surface area contributed by atoms with Crippen LogP contribution in [0.5, 0.6) is 5.75 Å². The van der Waals surface area contributed by atoms with E-state index in [1.54, 1.807) is 11.3 Å². The van der Waals surface area contributed by atoms with E-state index in [1.807, 2.05) is 24.3 Å². The van der Waals surface area contributed by atoms with Gasteiger partial charge in [-0.2, -0.15) is 0 Å². The average Bonchev–Trinajstić information content (AvgIpc) is 2.57. The fraction of sp³-hybridized carbons (Fsp3) is 0.231. The minimum Gasteiger partial charge on any atom is -0.489 e. The first kappa shape index (κ1) is 11.7. The molecule has 0 bridgehead atoms. The van der Waals surface area contributed by atoms with E-state index in [4.69, 9.17) is 4.74 Å². The van der Waals surface area contributed by atoms with Gasteiger partial charge in [-0.05, 0) is 38.1 Å². The second kappa shape index (κ2) is 5.02. The van der Waals surface area contributed by atoms with Crippen LogP contribution in [-0.2, 0) is 6.61 Å². The van der Waals surface area contributed by atoms with E-state index >= 15 is 0 Å². The predicted octanol–water partition coefficient (Wildman–Crippen LogP) is 4.51. The van der Waals surface area contributed by atoms with Crippen molar-refractivity contribution in [3.05, 3.63) is 50.1 Å². The molecule has 0 aliphatic heterocycles. The maximum atomic E-state index is 5.70. The minimum atomic E-state index is 0.595. The Balaban J connectivity index is 2.02. The van der Waals surface area contributed by atoms with Gasteiger partial charge in [0.05, 0.1) is 0 Å². The highest BCUT2D eigenvalue weighted by Gasteiger charge is 2.04. The number of rotatable bonds is 3. The van der Waals surface area contributed by atoms with Gasteiger partial charge in [0.15, 0.2) is 0 Å². The van der Waals surface area contributed by atoms with Crippen LogP contribution >= 0.6 is 27.3 Å². The molecule has 0 N–H and O–H groups in total. The quantitative estimate of drug-likeness (QED) is 0.810. The molecule has 1 aromatic carbocycles. The number of hydrogen-bond acceptors (Lipinski definition) is 2. The molecule has 1 aromatic heterocycles. The SMILES string of the molecule is Cc1[c]c(COc2ccc(Br)cc2)c(C)s1. The molecule has 1 nitrogen and oxygen atoms in total. The summed E-state index contributed by atoms with van der Waals surface area (Å²) in [6, 6.07) is 11.2. The molecular formula is C13H12BrOS. The molecule has 0 fully saturated rings. The second-order valence-electron chi connectivity index (χ2n) is 3.56. The Morgan fingerprint density at radius 1 is 1.25 bits per heavy atom. The summed E-state index contributed by atoms with van der Waals surface area (Å²) < 4.78 is 6.76. The Hall–Kier alpha value is -0.800. The van der Waals surface area contributed by atoms with E-state index in [0.717, 1.165) is 15.8 Å². The van der Waals surface area contributed by atoms with Crippen LogP contribution in [0.4, 0.5) is 0 Å². The summed E-state index contributed by atoms with van der Waals surface area (Å²) in [4.78, 5) is 2.50. The Morgan fingerprint density at radius 2 is 1.94 bits per heavy atom. The van der Waals surface area contributed by atoms with E-state index in [1.165, 1.54) is 9.75 Å². The Kier molecular flexibility index (Phi) is 3.66. The molecular weight excluding hydrogens is 284 g/mol. The summed E-state index contributed by atoms with van der Waals surface area (Å²) in [5.74, 6) is 0.889. The fourth-order valence-electron chi connectivity index (χ4n) is 1.44. The molecule has 0 spiro atoms. The van der Waals surface area contributed by atoms with Crippen molar-refractivity contribution in [2.75, 3.05) is 0 Å². The maximum absolute atomic E-state index is 5.70. The van der Waals surface area contributed by atoms with E-state index in [9.17, 15) is 0 Å². The molecule has 0 amide bonds. The van der Waals surface area contributed by atoms with Crippen molar-refractivity contribution in [3.63, 3.8) is 0 Å². The highest BCUT2D eigenvalue weighted by molar-refractivity contribution is 9.10. The Labute approximate surface area is 108 Å². The van der Waals surface area contributed by atoms with Gasteiger partial charge < -0.3 is 4.74 Å². The largest absolute Gasteiger partial charge is 0.489 e. The van der Waals surface area contributed by atoms with Crippen molar-refractivity contribution in [3.8, 4) is 5.75 Å². The van der Waals surface area contributed by atoms with Crippen LogP contribution in [0.25, 0.3) is 0 Å². The molecule has 16 heavy (non-hydrogen) atoms. The molecule has 0 unspecified atom stereocenters. The first-order valence-corrected chi connectivity index (χ1v) is 6.62. The third kappa shape index (κ3) is 2.86. The van der Waals surface area contributed by atoms with Crippen molar-refractivity contribution < 1.29 is 4.74 Å². The highest BCUT2D eigenvalue weighted by Crippen LogP contribution is 2.22. The maximum Gasteiger partial charge on any atom is 0.119 e. The van der Waals surface area contributed by atoms with Gasteiger partial charge in [-0.1, -0.05) is 15.9 Å². The molecule has 0 atom stereocenters. The monoisotopic (exact) mass is 295 g/mol. The zero-order valence-corrected chi connectivity index (χ0v) is 11.6. The average molecular weight is 296 g/mol. The second-order valence-corrected chi connectivity index (χ2v) is 5.91. The van der Waals surface area contributed by atoms with Crippen LogP contribution in [0, 0.1) is 19.9 Å². The lowest BCUT2D eigenvalue weighted by molar-refractivity contribution is 0.305. The molecule has 2 aromatic rings. The molecule has 3 heteroatoms. The Morgan fingerprint density at radius 3 is 2.50 bits per heavy atom. The molecule has 1 radical (unpaired) electrons. The topological polar surface area (TPSA) is 9.23 Å². The smallest absolute Gasteiger partial charge is 0.119 e. The number of benzene rings is 1. The summed E-state index contributed by atoms with van der Waals surface area (Å²) in [5.41, 5.74) is 1.16. The van der Waals surface area contributed by atoms with E-state index < -0.39 is 0 Å². The zero-order valence-electron chi connectivity index (χ0n) is 9.21. The molecule has 2 rings (SSSR count). The van der Waals surface area contributed by atoms with Gasteiger partial charge in [0.2, 0.25) is 0 Å². The standard InChI is InChI=1S/C13H12BrOS/c1-9-7-11(10(2)16-9)8-15-13-5-3-12(14)4-6-13/h3-6H,8H2,1-2H3. The van der Waals surface area contributed by atoms with Crippen LogP contribution in [0.3, 0.4) is 0 Å². The van der Waals surface area contributed by atoms with E-state index in [-0.39, 0.29) is 0 Å². The first-order chi connectivity index (χ1) is 7.65.